The Morgan fingerprint density at radius 1 is 1.17 bits per heavy atom. The van der Waals surface area contributed by atoms with Crippen LogP contribution in [-0.4, -0.2) is 37.2 Å². The summed E-state index contributed by atoms with van der Waals surface area (Å²) >= 11 is 0. The largest absolute Gasteiger partial charge is 0.380 e. The van der Waals surface area contributed by atoms with E-state index in [1.54, 1.807) is 0 Å². The molecule has 0 bridgehead atoms. The van der Waals surface area contributed by atoms with Crippen LogP contribution >= 0.6 is 0 Å². The molecule has 2 nitrogen and oxygen atoms in total. The Morgan fingerprint density at radius 2 is 1.67 bits per heavy atom. The second-order valence-electron chi connectivity index (χ2n) is 5.78. The number of unbranched alkanes of at least 4 members (excludes halogenated alkanes) is 1. The maximum atomic E-state index is 5.33. The second kappa shape index (κ2) is 8.92. The lowest BCUT2D eigenvalue weighted by Gasteiger charge is -2.41. The summed E-state index contributed by atoms with van der Waals surface area (Å²) in [6, 6.07) is 0.701. The molecule has 2 rings (SSSR count). The number of rotatable bonds is 2. The minimum Gasteiger partial charge on any atom is -0.380 e. The Morgan fingerprint density at radius 3 is 1.83 bits per heavy atom. The molecular weight excluding hydrogens is 222 g/mol. The van der Waals surface area contributed by atoms with Crippen LogP contribution in [0.1, 0.15) is 61.3 Å². The van der Waals surface area contributed by atoms with Gasteiger partial charge < -0.3 is 4.74 Å². The van der Waals surface area contributed by atoms with Gasteiger partial charge in [0.05, 0.1) is 13.2 Å². The van der Waals surface area contributed by atoms with Gasteiger partial charge in [0.25, 0.3) is 0 Å². The maximum Gasteiger partial charge on any atom is 0.0560 e. The van der Waals surface area contributed by atoms with Crippen molar-refractivity contribution in [2.45, 2.75) is 67.3 Å². The highest BCUT2D eigenvalue weighted by Crippen LogP contribution is 2.42. The maximum absolute atomic E-state index is 5.33. The van der Waals surface area contributed by atoms with E-state index in [1.165, 1.54) is 25.9 Å². The van der Waals surface area contributed by atoms with Crippen LogP contribution in [0.3, 0.4) is 0 Å². The lowest BCUT2D eigenvalue weighted by atomic mass is 9.77. The highest BCUT2D eigenvalue weighted by Gasteiger charge is 2.49. The molecule has 0 N–H and O–H groups in total. The first-order valence-electron chi connectivity index (χ1n) is 7.87. The van der Waals surface area contributed by atoms with Crippen molar-refractivity contribution in [3.63, 3.8) is 0 Å². The highest BCUT2D eigenvalue weighted by atomic mass is 16.5. The molecular formula is C16H35NO. The fourth-order valence-corrected chi connectivity index (χ4v) is 2.30. The first kappa shape index (κ1) is 17.9. The molecule has 0 aromatic heterocycles. The van der Waals surface area contributed by atoms with Crippen molar-refractivity contribution in [2.75, 3.05) is 26.3 Å². The Bertz CT molecular complexity index is 197. The van der Waals surface area contributed by atoms with Gasteiger partial charge in [-0.2, -0.15) is 0 Å². The van der Waals surface area contributed by atoms with Crippen molar-refractivity contribution < 1.29 is 4.74 Å². The third-order valence-electron chi connectivity index (χ3n) is 4.08. The quantitative estimate of drug-likeness (QED) is 0.735. The van der Waals surface area contributed by atoms with Gasteiger partial charge in [0.15, 0.2) is 0 Å². The summed E-state index contributed by atoms with van der Waals surface area (Å²) in [6.45, 7) is 19.8. The minimum atomic E-state index is 0.532. The van der Waals surface area contributed by atoms with Gasteiger partial charge in [-0.05, 0) is 19.8 Å². The van der Waals surface area contributed by atoms with Gasteiger partial charge in [0, 0.05) is 24.5 Å². The first-order chi connectivity index (χ1) is 8.55. The average Bonchev–Trinajstić information content (AvgIpc) is 2.70. The molecule has 0 aliphatic carbocycles. The predicted octanol–water partition coefficient (Wildman–Crippen LogP) is 4.20. The Labute approximate surface area is 115 Å². The summed E-state index contributed by atoms with van der Waals surface area (Å²) in [5, 5.41) is 0. The summed E-state index contributed by atoms with van der Waals surface area (Å²) in [6.07, 6.45) is 2.64. The average molecular weight is 257 g/mol. The van der Waals surface area contributed by atoms with Crippen LogP contribution in [-0.2, 0) is 4.74 Å². The van der Waals surface area contributed by atoms with Gasteiger partial charge in [-0.25, -0.2) is 0 Å². The van der Waals surface area contributed by atoms with E-state index in [0.717, 1.165) is 19.1 Å². The smallest absolute Gasteiger partial charge is 0.0560 e. The SMILES string of the molecule is CC.CC(C)N1CC(C)C2(COC2)C1.CCCC. The standard InChI is InChI=1S/C10H19NO.C4H10.C2H6/c1-8(2)11-4-9(3)10(5-11)6-12-7-10;1-3-4-2;1-2/h8-9H,4-7H2,1-3H3;3-4H2,1-2H3;1-2H3. The van der Waals surface area contributed by atoms with Gasteiger partial charge in [-0.1, -0.05) is 47.5 Å². The number of nitrogens with zero attached hydrogens (tertiary/aromatic N) is 1. The van der Waals surface area contributed by atoms with Crippen LogP contribution in [0.5, 0.6) is 0 Å². The van der Waals surface area contributed by atoms with Crippen LogP contribution in [0.4, 0.5) is 0 Å². The molecule has 2 fully saturated rings. The van der Waals surface area contributed by atoms with Gasteiger partial charge in [0.1, 0.15) is 0 Å². The van der Waals surface area contributed by atoms with Crippen LogP contribution in [0.2, 0.25) is 0 Å². The Hall–Kier alpha value is -0.0800. The molecule has 2 aliphatic rings. The van der Waals surface area contributed by atoms with E-state index >= 15 is 0 Å². The minimum absolute atomic E-state index is 0.532. The zero-order valence-electron chi connectivity index (χ0n) is 13.8. The second-order valence-corrected chi connectivity index (χ2v) is 5.78. The van der Waals surface area contributed by atoms with Gasteiger partial charge in [-0.15, -0.1) is 0 Å². The molecule has 1 unspecified atom stereocenters. The van der Waals surface area contributed by atoms with Crippen LogP contribution in [0.15, 0.2) is 0 Å². The molecule has 2 heteroatoms. The number of ether oxygens (including phenoxy) is 1. The molecule has 0 saturated carbocycles. The summed E-state index contributed by atoms with van der Waals surface area (Å²) in [5.41, 5.74) is 0.532. The highest BCUT2D eigenvalue weighted by molar-refractivity contribution is 4.99. The summed E-state index contributed by atoms with van der Waals surface area (Å²) in [4.78, 5) is 2.58. The molecule has 1 atom stereocenters. The molecule has 2 heterocycles. The lowest BCUT2D eigenvalue weighted by molar-refractivity contribution is -0.124. The zero-order chi connectivity index (χ0) is 14.2. The van der Waals surface area contributed by atoms with Crippen molar-refractivity contribution in [1.29, 1.82) is 0 Å². The summed E-state index contributed by atoms with van der Waals surface area (Å²) in [7, 11) is 0. The predicted molar refractivity (Wildman–Crippen MR) is 81.1 cm³/mol. The van der Waals surface area contributed by atoms with Crippen molar-refractivity contribution in [2.24, 2.45) is 11.3 Å². The molecule has 1 spiro atoms. The summed E-state index contributed by atoms with van der Waals surface area (Å²) in [5.74, 6) is 0.827. The number of likely N-dealkylation sites (tertiary alicyclic amines) is 1. The van der Waals surface area contributed by atoms with Crippen LogP contribution < -0.4 is 0 Å². The van der Waals surface area contributed by atoms with E-state index < -0.39 is 0 Å². The van der Waals surface area contributed by atoms with Crippen LogP contribution in [0, 0.1) is 11.3 Å². The van der Waals surface area contributed by atoms with Gasteiger partial charge >= 0.3 is 0 Å². The third-order valence-corrected chi connectivity index (χ3v) is 4.08. The van der Waals surface area contributed by atoms with Crippen LogP contribution in [0.25, 0.3) is 0 Å². The molecule has 2 saturated heterocycles. The number of hydrogen-bond donors (Lipinski definition) is 0. The Balaban J connectivity index is 0.000000415. The molecule has 0 aromatic carbocycles. The van der Waals surface area contributed by atoms with E-state index in [-0.39, 0.29) is 0 Å². The Kier molecular flexibility index (Phi) is 8.89. The molecule has 0 radical (unpaired) electrons. The fraction of sp³-hybridized carbons (Fsp3) is 1.00. The topological polar surface area (TPSA) is 12.5 Å². The van der Waals surface area contributed by atoms with Gasteiger partial charge in [0.2, 0.25) is 0 Å². The van der Waals surface area contributed by atoms with E-state index in [4.69, 9.17) is 4.74 Å². The lowest BCUT2D eigenvalue weighted by Crippen LogP contribution is -2.48. The summed E-state index contributed by atoms with van der Waals surface area (Å²) < 4.78 is 5.33. The van der Waals surface area contributed by atoms with E-state index in [2.05, 4.69) is 39.5 Å². The van der Waals surface area contributed by atoms with E-state index in [0.29, 0.717) is 11.5 Å². The molecule has 0 aromatic rings. The molecule has 18 heavy (non-hydrogen) atoms. The van der Waals surface area contributed by atoms with E-state index in [1.807, 2.05) is 13.8 Å². The molecule has 110 valence electrons. The molecule has 2 aliphatic heterocycles. The third kappa shape index (κ3) is 4.55. The molecule has 0 amide bonds. The van der Waals surface area contributed by atoms with Crippen molar-refractivity contribution in [1.82, 2.24) is 4.90 Å². The normalized spacial score (nSPS) is 25.0. The van der Waals surface area contributed by atoms with Crippen molar-refractivity contribution >= 4 is 0 Å². The van der Waals surface area contributed by atoms with Crippen molar-refractivity contribution in [3.05, 3.63) is 0 Å². The zero-order valence-corrected chi connectivity index (χ0v) is 13.8. The van der Waals surface area contributed by atoms with Crippen molar-refractivity contribution in [3.8, 4) is 0 Å². The number of hydrogen-bond acceptors (Lipinski definition) is 2. The van der Waals surface area contributed by atoms with E-state index in [9.17, 15) is 0 Å². The monoisotopic (exact) mass is 257 g/mol. The van der Waals surface area contributed by atoms with Gasteiger partial charge in [-0.3, -0.25) is 4.90 Å². The first-order valence-corrected chi connectivity index (χ1v) is 7.87. The fourth-order valence-electron chi connectivity index (χ4n) is 2.30.